The van der Waals surface area contributed by atoms with Crippen LogP contribution in [0.4, 0.5) is 0 Å². The molecule has 31 heavy (non-hydrogen) atoms. The average molecular weight is 566 g/mol. The fourth-order valence-electron chi connectivity index (χ4n) is 2.92. The molecule has 8 heteroatoms. The molecule has 0 radical (unpaired) electrons. The Morgan fingerprint density at radius 2 is 1.58 bits per heavy atom. The zero-order valence-electron chi connectivity index (χ0n) is 16.8. The largest absolute Gasteiger partial charge is 0.493 e. The van der Waals surface area contributed by atoms with E-state index >= 15 is 0 Å². The molecule has 1 N–H and O–H groups in total. The Morgan fingerprint density at radius 1 is 0.871 bits per heavy atom. The van der Waals surface area contributed by atoms with Crippen LogP contribution in [0.3, 0.4) is 0 Å². The zero-order valence-corrected chi connectivity index (χ0v) is 21.4. The predicted molar refractivity (Wildman–Crippen MR) is 136 cm³/mol. The quantitative estimate of drug-likeness (QED) is 0.269. The first kappa shape index (κ1) is 26.1. The molecule has 0 aliphatic carbocycles. The second-order valence-corrected chi connectivity index (χ2v) is 8.80. The molecule has 3 nitrogen and oxygen atoms in total. The lowest BCUT2D eigenvalue weighted by atomic mass is 10.1. The highest BCUT2D eigenvalue weighted by molar-refractivity contribution is 9.10. The van der Waals surface area contributed by atoms with Crippen molar-refractivity contribution in [1.82, 2.24) is 5.32 Å². The third-order valence-electron chi connectivity index (χ3n) is 4.49. The molecular weight excluding hydrogens is 544 g/mol. The molecule has 3 rings (SSSR count). The van der Waals surface area contributed by atoms with E-state index in [0.717, 1.165) is 40.1 Å². The van der Waals surface area contributed by atoms with Gasteiger partial charge in [-0.1, -0.05) is 53.0 Å². The van der Waals surface area contributed by atoms with Gasteiger partial charge < -0.3 is 14.8 Å². The monoisotopic (exact) mass is 563 g/mol. The normalized spacial score (nSPS) is 10.5. The van der Waals surface area contributed by atoms with E-state index in [-0.39, 0.29) is 12.4 Å². The Balaban J connectivity index is 0.00000341. The number of benzene rings is 3. The van der Waals surface area contributed by atoms with Gasteiger partial charge in [-0.05, 0) is 82.0 Å². The summed E-state index contributed by atoms with van der Waals surface area (Å²) in [6.45, 7) is 1.93. The molecule has 0 aliphatic rings. The van der Waals surface area contributed by atoms with E-state index in [1.807, 2.05) is 42.5 Å². The average Bonchev–Trinajstić information content (AvgIpc) is 2.73. The molecule has 0 amide bonds. The van der Waals surface area contributed by atoms with Crippen LogP contribution in [0.15, 0.2) is 59.1 Å². The van der Waals surface area contributed by atoms with E-state index in [9.17, 15) is 0 Å². The van der Waals surface area contributed by atoms with E-state index in [4.69, 9.17) is 44.3 Å². The van der Waals surface area contributed by atoms with Crippen molar-refractivity contribution < 1.29 is 9.47 Å². The summed E-state index contributed by atoms with van der Waals surface area (Å²) in [6.07, 6.45) is 0.931. The van der Waals surface area contributed by atoms with Crippen LogP contribution in [-0.4, -0.2) is 13.7 Å². The maximum atomic E-state index is 6.08. The summed E-state index contributed by atoms with van der Waals surface area (Å²) in [5.41, 5.74) is 3.26. The molecule has 0 bridgehead atoms. The van der Waals surface area contributed by atoms with Crippen molar-refractivity contribution >= 4 is 63.1 Å². The van der Waals surface area contributed by atoms with Crippen molar-refractivity contribution in [3.8, 4) is 11.5 Å². The topological polar surface area (TPSA) is 30.5 Å². The molecule has 0 atom stereocenters. The van der Waals surface area contributed by atoms with Gasteiger partial charge in [-0.25, -0.2) is 0 Å². The Bertz CT molecular complexity index is 1000. The number of nitrogens with one attached hydrogen (secondary N) is 1. The van der Waals surface area contributed by atoms with Gasteiger partial charge in [-0.2, -0.15) is 0 Å². The molecule has 0 spiro atoms. The molecule has 0 heterocycles. The second-order valence-electron chi connectivity index (χ2n) is 6.70. The summed E-state index contributed by atoms with van der Waals surface area (Å²) in [5, 5.41) is 5.23. The molecule has 0 saturated heterocycles. The fourth-order valence-corrected chi connectivity index (χ4v) is 3.97. The van der Waals surface area contributed by atoms with Crippen LogP contribution in [-0.2, 0) is 19.6 Å². The lowest BCUT2D eigenvalue weighted by Crippen LogP contribution is -2.16. The standard InChI is InChI=1S/C23H21BrCl3NO2.ClH/c1-29-22-12-17(13-28-9-8-15-2-5-18(25)6-3-15)10-19(24)23(22)30-14-16-4-7-20(26)21(27)11-16;/h2-7,10-12,28H,8-9,13-14H2,1H3;1H. The van der Waals surface area contributed by atoms with Crippen LogP contribution in [0.5, 0.6) is 11.5 Å². The first-order chi connectivity index (χ1) is 14.5. The number of hydrogen-bond acceptors (Lipinski definition) is 3. The summed E-state index contributed by atoms with van der Waals surface area (Å²) in [6, 6.07) is 17.4. The number of methoxy groups -OCH3 is 1. The van der Waals surface area contributed by atoms with Gasteiger partial charge in [0.1, 0.15) is 6.61 Å². The van der Waals surface area contributed by atoms with Crippen LogP contribution in [0.1, 0.15) is 16.7 Å². The number of ether oxygens (including phenoxy) is 2. The van der Waals surface area contributed by atoms with Crippen molar-refractivity contribution in [2.45, 2.75) is 19.6 Å². The number of halogens is 5. The first-order valence-corrected chi connectivity index (χ1v) is 11.3. The van der Waals surface area contributed by atoms with E-state index in [2.05, 4.69) is 21.2 Å². The molecular formula is C23H22BrCl4NO2. The van der Waals surface area contributed by atoms with Crippen molar-refractivity contribution in [1.29, 1.82) is 0 Å². The van der Waals surface area contributed by atoms with E-state index in [0.29, 0.717) is 28.2 Å². The number of rotatable bonds is 9. The van der Waals surface area contributed by atoms with Crippen molar-refractivity contribution in [2.75, 3.05) is 13.7 Å². The highest BCUT2D eigenvalue weighted by Crippen LogP contribution is 2.37. The molecule has 0 aliphatic heterocycles. The highest BCUT2D eigenvalue weighted by atomic mass is 79.9. The van der Waals surface area contributed by atoms with Crippen LogP contribution in [0, 0.1) is 0 Å². The summed E-state index contributed by atoms with van der Waals surface area (Å²) in [5.74, 6) is 1.31. The summed E-state index contributed by atoms with van der Waals surface area (Å²) in [4.78, 5) is 0. The number of hydrogen-bond donors (Lipinski definition) is 1. The third kappa shape index (κ3) is 7.74. The van der Waals surface area contributed by atoms with Gasteiger partial charge in [0.2, 0.25) is 0 Å². The van der Waals surface area contributed by atoms with Crippen LogP contribution < -0.4 is 14.8 Å². The molecule has 0 aromatic heterocycles. The van der Waals surface area contributed by atoms with E-state index in [1.165, 1.54) is 5.56 Å². The Hall–Kier alpha value is -1.14. The molecule has 3 aromatic rings. The second kappa shape index (κ2) is 12.8. The predicted octanol–water partition coefficient (Wildman–Crippen LogP) is 7.75. The maximum absolute atomic E-state index is 6.08. The summed E-state index contributed by atoms with van der Waals surface area (Å²) in [7, 11) is 1.63. The molecule has 166 valence electrons. The van der Waals surface area contributed by atoms with Gasteiger partial charge in [0.05, 0.1) is 21.6 Å². The smallest absolute Gasteiger partial charge is 0.175 e. The van der Waals surface area contributed by atoms with Crippen LogP contribution in [0.25, 0.3) is 0 Å². The van der Waals surface area contributed by atoms with Crippen LogP contribution >= 0.6 is 63.1 Å². The third-order valence-corrected chi connectivity index (χ3v) is 6.07. The zero-order chi connectivity index (χ0) is 21.5. The fraction of sp³-hybridized carbons (Fsp3) is 0.217. The minimum absolute atomic E-state index is 0. The molecule has 0 fully saturated rings. The summed E-state index contributed by atoms with van der Waals surface area (Å²) >= 11 is 21.6. The van der Waals surface area contributed by atoms with Crippen LogP contribution in [0.2, 0.25) is 15.1 Å². The minimum Gasteiger partial charge on any atom is -0.493 e. The lowest BCUT2D eigenvalue weighted by molar-refractivity contribution is 0.282. The van der Waals surface area contributed by atoms with Crippen molar-refractivity contribution in [3.05, 3.63) is 90.8 Å². The first-order valence-electron chi connectivity index (χ1n) is 9.34. The molecule has 0 unspecified atom stereocenters. The SMILES string of the molecule is COc1cc(CNCCc2ccc(Cl)cc2)cc(Br)c1OCc1ccc(Cl)c(Cl)c1.Cl. The van der Waals surface area contributed by atoms with Gasteiger partial charge >= 0.3 is 0 Å². The Labute approximate surface area is 212 Å². The Kier molecular flexibility index (Phi) is 10.8. The van der Waals surface area contributed by atoms with Crippen molar-refractivity contribution in [2.24, 2.45) is 0 Å². The van der Waals surface area contributed by atoms with E-state index < -0.39 is 0 Å². The Morgan fingerprint density at radius 3 is 2.26 bits per heavy atom. The molecule has 3 aromatic carbocycles. The van der Waals surface area contributed by atoms with Gasteiger partial charge in [-0.3, -0.25) is 0 Å². The minimum atomic E-state index is 0. The summed E-state index contributed by atoms with van der Waals surface area (Å²) < 4.78 is 12.4. The van der Waals surface area contributed by atoms with Crippen molar-refractivity contribution in [3.63, 3.8) is 0 Å². The highest BCUT2D eigenvalue weighted by Gasteiger charge is 2.12. The van der Waals surface area contributed by atoms with Gasteiger partial charge in [0, 0.05) is 11.6 Å². The lowest BCUT2D eigenvalue weighted by Gasteiger charge is -2.15. The van der Waals surface area contributed by atoms with Gasteiger partial charge in [0.25, 0.3) is 0 Å². The van der Waals surface area contributed by atoms with Gasteiger partial charge in [0.15, 0.2) is 11.5 Å². The van der Waals surface area contributed by atoms with Gasteiger partial charge in [-0.15, -0.1) is 12.4 Å². The molecule has 0 saturated carbocycles. The van der Waals surface area contributed by atoms with E-state index in [1.54, 1.807) is 19.2 Å². The maximum Gasteiger partial charge on any atom is 0.175 e.